The monoisotopic (exact) mass is 175 g/mol. The summed E-state index contributed by atoms with van der Waals surface area (Å²) >= 11 is 0. The first kappa shape index (κ1) is 11.8. The fourth-order valence-electron chi connectivity index (χ4n) is 1.22. The van der Waals surface area contributed by atoms with Gasteiger partial charge in [0, 0.05) is 6.04 Å². The number of nitrogens with one attached hydrogen (secondary N) is 2. The molecular weight excluding hydrogens is 154 g/mol. The summed E-state index contributed by atoms with van der Waals surface area (Å²) in [6.45, 7) is 8.44. The highest BCUT2D eigenvalue weighted by molar-refractivity contribution is 4.79. The second kappa shape index (κ2) is 4.77. The van der Waals surface area contributed by atoms with Gasteiger partial charge < -0.3 is 5.11 Å². The minimum absolute atomic E-state index is 0.132. The first-order valence-corrected chi connectivity index (χ1v) is 4.32. The predicted octanol–water partition coefficient (Wildman–Crippen LogP) is 0.140. The van der Waals surface area contributed by atoms with Crippen LogP contribution < -0.4 is 16.6 Å². The summed E-state index contributed by atoms with van der Waals surface area (Å²) in [5.74, 6) is 5.06. The molecule has 0 saturated carbocycles. The molecule has 0 aromatic carbocycles. The molecule has 0 aliphatic carbocycles. The quantitative estimate of drug-likeness (QED) is 0.279. The molecular formula is C8H21N3O. The number of aliphatic hydroxyl groups excluding tert-OH is 1. The van der Waals surface area contributed by atoms with Gasteiger partial charge in [-0.2, -0.15) is 0 Å². The van der Waals surface area contributed by atoms with Crippen molar-refractivity contribution in [2.24, 2.45) is 11.3 Å². The van der Waals surface area contributed by atoms with E-state index in [-0.39, 0.29) is 11.5 Å². The topological polar surface area (TPSA) is 70.3 Å². The van der Waals surface area contributed by atoms with Gasteiger partial charge >= 0.3 is 0 Å². The standard InChI is InChI=1S/C8H21N3O/c1-5-6(8(2,3)4)10-7(12)11-9/h6-7,10-12H,5,9H2,1-4H3. The summed E-state index contributed by atoms with van der Waals surface area (Å²) in [4.78, 5) is 0. The van der Waals surface area contributed by atoms with Gasteiger partial charge in [0.25, 0.3) is 0 Å². The maximum atomic E-state index is 9.18. The van der Waals surface area contributed by atoms with Crippen LogP contribution in [0.5, 0.6) is 0 Å². The molecule has 0 aliphatic heterocycles. The van der Waals surface area contributed by atoms with Crippen molar-refractivity contribution in [3.63, 3.8) is 0 Å². The summed E-state index contributed by atoms with van der Waals surface area (Å²) in [5, 5.41) is 12.2. The molecule has 0 rings (SSSR count). The van der Waals surface area contributed by atoms with E-state index < -0.39 is 6.35 Å². The Labute approximate surface area is 74.5 Å². The summed E-state index contributed by atoms with van der Waals surface area (Å²) in [6, 6.07) is 0.253. The van der Waals surface area contributed by atoms with Gasteiger partial charge in [-0.1, -0.05) is 27.7 Å². The van der Waals surface area contributed by atoms with E-state index in [1.807, 2.05) is 0 Å². The van der Waals surface area contributed by atoms with Gasteiger partial charge in [0.1, 0.15) is 0 Å². The van der Waals surface area contributed by atoms with Crippen molar-refractivity contribution in [2.45, 2.75) is 46.5 Å². The van der Waals surface area contributed by atoms with Crippen LogP contribution in [0.3, 0.4) is 0 Å². The Bertz CT molecular complexity index is 122. The highest BCUT2D eigenvalue weighted by atomic mass is 16.3. The zero-order valence-corrected chi connectivity index (χ0v) is 8.39. The van der Waals surface area contributed by atoms with Crippen LogP contribution in [0.1, 0.15) is 34.1 Å². The molecule has 0 fully saturated rings. The van der Waals surface area contributed by atoms with Crippen LogP contribution in [0.4, 0.5) is 0 Å². The van der Waals surface area contributed by atoms with Crippen molar-refractivity contribution >= 4 is 0 Å². The van der Waals surface area contributed by atoms with Crippen LogP contribution in [-0.4, -0.2) is 17.5 Å². The first-order chi connectivity index (χ1) is 5.41. The van der Waals surface area contributed by atoms with Crippen LogP contribution in [0.2, 0.25) is 0 Å². The van der Waals surface area contributed by atoms with Gasteiger partial charge in [0.2, 0.25) is 0 Å². The van der Waals surface area contributed by atoms with E-state index in [1.165, 1.54) is 0 Å². The Morgan fingerprint density at radius 2 is 1.92 bits per heavy atom. The van der Waals surface area contributed by atoms with Crippen LogP contribution in [-0.2, 0) is 0 Å². The molecule has 0 aromatic heterocycles. The van der Waals surface area contributed by atoms with Crippen molar-refractivity contribution in [3.05, 3.63) is 0 Å². The Morgan fingerprint density at radius 3 is 2.17 bits per heavy atom. The molecule has 0 aromatic rings. The fourth-order valence-corrected chi connectivity index (χ4v) is 1.22. The van der Waals surface area contributed by atoms with E-state index in [0.29, 0.717) is 0 Å². The SMILES string of the molecule is CCC(NC(O)NN)C(C)(C)C. The van der Waals surface area contributed by atoms with Crippen molar-refractivity contribution in [2.75, 3.05) is 0 Å². The van der Waals surface area contributed by atoms with Crippen LogP contribution in [0, 0.1) is 5.41 Å². The molecule has 0 spiro atoms. The van der Waals surface area contributed by atoms with Crippen molar-refractivity contribution < 1.29 is 5.11 Å². The van der Waals surface area contributed by atoms with Gasteiger partial charge in [0.15, 0.2) is 6.35 Å². The molecule has 2 atom stereocenters. The summed E-state index contributed by atoms with van der Waals surface area (Å²) in [5.41, 5.74) is 2.38. The molecule has 2 unspecified atom stereocenters. The smallest absolute Gasteiger partial charge is 0.173 e. The largest absolute Gasteiger partial charge is 0.364 e. The average molecular weight is 175 g/mol. The van der Waals surface area contributed by atoms with Crippen LogP contribution in [0.15, 0.2) is 0 Å². The Kier molecular flexibility index (Phi) is 4.70. The second-order valence-corrected chi connectivity index (χ2v) is 4.06. The minimum atomic E-state index is -0.825. The lowest BCUT2D eigenvalue weighted by Gasteiger charge is -2.32. The number of nitrogens with two attached hydrogens (primary N) is 1. The van der Waals surface area contributed by atoms with E-state index in [2.05, 4.69) is 38.4 Å². The number of hydrogen-bond acceptors (Lipinski definition) is 4. The van der Waals surface area contributed by atoms with Crippen molar-refractivity contribution in [1.82, 2.24) is 10.7 Å². The molecule has 12 heavy (non-hydrogen) atoms. The molecule has 5 N–H and O–H groups in total. The molecule has 0 bridgehead atoms. The third kappa shape index (κ3) is 4.01. The molecule has 0 amide bonds. The van der Waals surface area contributed by atoms with Crippen molar-refractivity contribution in [1.29, 1.82) is 0 Å². The zero-order chi connectivity index (χ0) is 9.78. The highest BCUT2D eigenvalue weighted by Crippen LogP contribution is 2.21. The van der Waals surface area contributed by atoms with E-state index >= 15 is 0 Å². The van der Waals surface area contributed by atoms with Crippen LogP contribution in [0.25, 0.3) is 0 Å². The Hall–Kier alpha value is -0.160. The fraction of sp³-hybridized carbons (Fsp3) is 1.00. The predicted molar refractivity (Wildman–Crippen MR) is 50.0 cm³/mol. The second-order valence-electron chi connectivity index (χ2n) is 4.06. The molecule has 0 saturated heterocycles. The maximum Gasteiger partial charge on any atom is 0.173 e. The van der Waals surface area contributed by atoms with E-state index in [0.717, 1.165) is 6.42 Å². The normalized spacial score (nSPS) is 17.5. The lowest BCUT2D eigenvalue weighted by atomic mass is 9.85. The zero-order valence-electron chi connectivity index (χ0n) is 8.39. The third-order valence-corrected chi connectivity index (χ3v) is 1.97. The van der Waals surface area contributed by atoms with Gasteiger partial charge in [-0.25, -0.2) is 5.43 Å². The summed E-state index contributed by atoms with van der Waals surface area (Å²) in [7, 11) is 0. The number of aliphatic hydroxyl groups is 1. The molecule has 0 radical (unpaired) electrons. The Morgan fingerprint density at radius 1 is 1.42 bits per heavy atom. The van der Waals surface area contributed by atoms with E-state index in [4.69, 9.17) is 5.84 Å². The molecule has 0 heterocycles. The molecule has 4 heteroatoms. The lowest BCUT2D eigenvalue weighted by molar-refractivity contribution is 0.0647. The van der Waals surface area contributed by atoms with Crippen LogP contribution >= 0.6 is 0 Å². The Balaban J connectivity index is 4.00. The van der Waals surface area contributed by atoms with Crippen molar-refractivity contribution in [3.8, 4) is 0 Å². The minimum Gasteiger partial charge on any atom is -0.364 e. The van der Waals surface area contributed by atoms with Gasteiger partial charge in [-0.3, -0.25) is 11.2 Å². The number of hydrogen-bond donors (Lipinski definition) is 4. The van der Waals surface area contributed by atoms with E-state index in [1.54, 1.807) is 0 Å². The first-order valence-electron chi connectivity index (χ1n) is 4.32. The summed E-state index contributed by atoms with van der Waals surface area (Å²) < 4.78 is 0. The molecule has 4 nitrogen and oxygen atoms in total. The van der Waals surface area contributed by atoms with Gasteiger partial charge in [0.05, 0.1) is 0 Å². The highest BCUT2D eigenvalue weighted by Gasteiger charge is 2.23. The average Bonchev–Trinajstić information content (AvgIpc) is 1.97. The maximum absolute atomic E-state index is 9.18. The molecule has 0 aliphatic rings. The lowest BCUT2D eigenvalue weighted by Crippen LogP contribution is -2.53. The molecule has 74 valence electrons. The van der Waals surface area contributed by atoms with E-state index in [9.17, 15) is 5.11 Å². The third-order valence-electron chi connectivity index (χ3n) is 1.97. The number of hydrazine groups is 1. The number of rotatable bonds is 4. The summed E-state index contributed by atoms with van der Waals surface area (Å²) in [6.07, 6.45) is 0.136. The van der Waals surface area contributed by atoms with Gasteiger partial charge in [-0.15, -0.1) is 0 Å². The van der Waals surface area contributed by atoms with Gasteiger partial charge in [-0.05, 0) is 11.8 Å².